The third-order valence-corrected chi connectivity index (χ3v) is 4.29. The number of rotatable bonds is 1. The number of hydrogen-bond donors (Lipinski definition) is 1. The molecule has 1 amide bonds. The first-order valence-corrected chi connectivity index (χ1v) is 6.73. The van der Waals surface area contributed by atoms with Gasteiger partial charge in [0.15, 0.2) is 0 Å². The minimum absolute atomic E-state index is 0.162. The number of nitrogens with one attached hydrogen (secondary N) is 1. The van der Waals surface area contributed by atoms with Crippen molar-refractivity contribution in [3.63, 3.8) is 0 Å². The molecule has 90 valence electrons. The van der Waals surface area contributed by atoms with Gasteiger partial charge in [0.2, 0.25) is 0 Å². The molecule has 1 aromatic carbocycles. The third kappa shape index (κ3) is 2.00. The quantitative estimate of drug-likeness (QED) is 0.858. The van der Waals surface area contributed by atoms with Gasteiger partial charge in [0.1, 0.15) is 0 Å². The van der Waals surface area contributed by atoms with Gasteiger partial charge < -0.3 is 10.2 Å². The van der Waals surface area contributed by atoms with Crippen molar-refractivity contribution < 1.29 is 4.79 Å². The molecule has 1 N–H and O–H groups in total. The highest BCUT2D eigenvalue weighted by Gasteiger charge is 2.46. The summed E-state index contributed by atoms with van der Waals surface area (Å²) in [5, 5.41) is 3.38. The topological polar surface area (TPSA) is 32.3 Å². The second kappa shape index (κ2) is 4.10. The van der Waals surface area contributed by atoms with E-state index in [0.29, 0.717) is 5.41 Å². The lowest BCUT2D eigenvalue weighted by molar-refractivity contribution is 0.0159. The highest BCUT2D eigenvalue weighted by molar-refractivity contribution is 9.10. The van der Waals surface area contributed by atoms with Crippen LogP contribution in [0.2, 0.25) is 0 Å². The van der Waals surface area contributed by atoms with Gasteiger partial charge in [-0.1, -0.05) is 15.9 Å². The number of likely N-dealkylation sites (tertiary alicyclic amines) is 1. The predicted octanol–water partition coefficient (Wildman–Crippen LogP) is 1.88. The lowest BCUT2D eigenvalue weighted by Crippen LogP contribution is -2.59. The molecule has 2 saturated heterocycles. The van der Waals surface area contributed by atoms with Crippen molar-refractivity contribution in [1.82, 2.24) is 10.2 Å². The first kappa shape index (κ1) is 11.2. The van der Waals surface area contributed by atoms with Gasteiger partial charge in [-0.15, -0.1) is 0 Å². The van der Waals surface area contributed by atoms with Crippen LogP contribution in [0.3, 0.4) is 0 Å². The predicted molar refractivity (Wildman–Crippen MR) is 70.0 cm³/mol. The first-order valence-electron chi connectivity index (χ1n) is 5.94. The summed E-state index contributed by atoms with van der Waals surface area (Å²) >= 11 is 3.38. The molecule has 4 heteroatoms. The second-order valence-corrected chi connectivity index (χ2v) is 6.01. The van der Waals surface area contributed by atoms with Crippen LogP contribution >= 0.6 is 15.9 Å². The average Bonchev–Trinajstić information content (AvgIpc) is 2.76. The summed E-state index contributed by atoms with van der Waals surface area (Å²) in [5.74, 6) is 0.162. The highest BCUT2D eigenvalue weighted by atomic mass is 79.9. The van der Waals surface area contributed by atoms with E-state index in [2.05, 4.69) is 21.2 Å². The fourth-order valence-corrected chi connectivity index (χ4v) is 3.01. The average molecular weight is 295 g/mol. The zero-order valence-corrected chi connectivity index (χ0v) is 11.2. The molecule has 2 aliphatic rings. The molecule has 1 aromatic rings. The molecule has 0 aliphatic carbocycles. The fourth-order valence-electron chi connectivity index (χ4n) is 2.75. The van der Waals surface area contributed by atoms with Gasteiger partial charge in [0.05, 0.1) is 0 Å². The Kier molecular flexibility index (Phi) is 2.71. The molecule has 0 aromatic heterocycles. The van der Waals surface area contributed by atoms with Crippen LogP contribution in [-0.2, 0) is 0 Å². The SMILES string of the molecule is O=C(c1ccc(Br)cc1)N1CC2(CCNC2)C1. The van der Waals surface area contributed by atoms with Gasteiger partial charge in [0, 0.05) is 35.1 Å². The van der Waals surface area contributed by atoms with E-state index < -0.39 is 0 Å². The zero-order chi connectivity index (χ0) is 11.9. The summed E-state index contributed by atoms with van der Waals surface area (Å²) in [6, 6.07) is 7.59. The number of carbonyl (C=O) groups excluding carboxylic acids is 1. The van der Waals surface area contributed by atoms with E-state index >= 15 is 0 Å². The summed E-state index contributed by atoms with van der Waals surface area (Å²) in [5.41, 5.74) is 1.17. The molecule has 3 rings (SSSR count). The highest BCUT2D eigenvalue weighted by Crippen LogP contribution is 2.36. The summed E-state index contributed by atoms with van der Waals surface area (Å²) in [4.78, 5) is 14.1. The van der Waals surface area contributed by atoms with E-state index in [1.807, 2.05) is 29.2 Å². The van der Waals surface area contributed by atoms with E-state index in [1.54, 1.807) is 0 Å². The molecule has 0 unspecified atom stereocenters. The number of hydrogen-bond acceptors (Lipinski definition) is 2. The minimum Gasteiger partial charge on any atom is -0.337 e. The minimum atomic E-state index is 0.162. The molecule has 3 nitrogen and oxygen atoms in total. The van der Waals surface area contributed by atoms with Crippen molar-refractivity contribution in [2.24, 2.45) is 5.41 Å². The monoisotopic (exact) mass is 294 g/mol. The van der Waals surface area contributed by atoms with Gasteiger partial charge in [-0.2, -0.15) is 0 Å². The summed E-state index contributed by atoms with van der Waals surface area (Å²) < 4.78 is 1.01. The van der Waals surface area contributed by atoms with Crippen LogP contribution in [0.1, 0.15) is 16.8 Å². The smallest absolute Gasteiger partial charge is 0.253 e. The van der Waals surface area contributed by atoms with Crippen LogP contribution in [0.25, 0.3) is 0 Å². The second-order valence-electron chi connectivity index (χ2n) is 5.09. The molecule has 0 bridgehead atoms. The van der Waals surface area contributed by atoms with Gasteiger partial charge >= 0.3 is 0 Å². The Labute approximate surface area is 109 Å². The Morgan fingerprint density at radius 1 is 1.29 bits per heavy atom. The number of halogens is 1. The molecule has 0 saturated carbocycles. The van der Waals surface area contributed by atoms with Crippen molar-refractivity contribution in [1.29, 1.82) is 0 Å². The van der Waals surface area contributed by atoms with Crippen molar-refractivity contribution >= 4 is 21.8 Å². The van der Waals surface area contributed by atoms with Crippen LogP contribution in [0.5, 0.6) is 0 Å². The maximum atomic E-state index is 12.2. The number of carbonyl (C=O) groups is 1. The van der Waals surface area contributed by atoms with E-state index in [9.17, 15) is 4.79 Å². The normalized spacial score (nSPS) is 21.6. The van der Waals surface area contributed by atoms with Gasteiger partial charge in [-0.3, -0.25) is 4.79 Å². The molecule has 2 heterocycles. The van der Waals surface area contributed by atoms with Crippen LogP contribution in [0.4, 0.5) is 0 Å². The molecule has 0 radical (unpaired) electrons. The molecular formula is C13H15BrN2O. The van der Waals surface area contributed by atoms with E-state index in [0.717, 1.165) is 36.2 Å². The van der Waals surface area contributed by atoms with Gasteiger partial charge in [0.25, 0.3) is 5.91 Å². The summed E-state index contributed by atoms with van der Waals surface area (Å²) in [6.07, 6.45) is 1.21. The molecule has 2 fully saturated rings. The van der Waals surface area contributed by atoms with Crippen LogP contribution in [0, 0.1) is 5.41 Å². The summed E-state index contributed by atoms with van der Waals surface area (Å²) in [7, 11) is 0. The Morgan fingerprint density at radius 2 is 2.00 bits per heavy atom. The van der Waals surface area contributed by atoms with Crippen LogP contribution < -0.4 is 5.32 Å². The zero-order valence-electron chi connectivity index (χ0n) is 9.58. The Hall–Kier alpha value is -0.870. The molecule has 17 heavy (non-hydrogen) atoms. The largest absolute Gasteiger partial charge is 0.337 e. The third-order valence-electron chi connectivity index (χ3n) is 3.76. The maximum absolute atomic E-state index is 12.2. The number of nitrogens with zero attached hydrogens (tertiary/aromatic N) is 1. The number of benzene rings is 1. The maximum Gasteiger partial charge on any atom is 0.253 e. The lowest BCUT2D eigenvalue weighted by Gasteiger charge is -2.47. The first-order chi connectivity index (χ1) is 8.19. The van der Waals surface area contributed by atoms with Gasteiger partial charge in [-0.05, 0) is 37.2 Å². The van der Waals surface area contributed by atoms with E-state index in [-0.39, 0.29) is 5.91 Å². The Balaban J connectivity index is 1.67. The summed E-state index contributed by atoms with van der Waals surface area (Å²) in [6.45, 7) is 3.99. The fraction of sp³-hybridized carbons (Fsp3) is 0.462. The van der Waals surface area contributed by atoms with Crippen molar-refractivity contribution in [2.75, 3.05) is 26.2 Å². The van der Waals surface area contributed by atoms with Gasteiger partial charge in [-0.25, -0.2) is 0 Å². The van der Waals surface area contributed by atoms with Crippen molar-refractivity contribution in [2.45, 2.75) is 6.42 Å². The number of amides is 1. The van der Waals surface area contributed by atoms with Crippen LogP contribution in [0.15, 0.2) is 28.7 Å². The molecule has 2 aliphatic heterocycles. The molecule has 1 spiro atoms. The Morgan fingerprint density at radius 3 is 2.59 bits per heavy atom. The van der Waals surface area contributed by atoms with Crippen molar-refractivity contribution in [3.8, 4) is 0 Å². The van der Waals surface area contributed by atoms with E-state index in [4.69, 9.17) is 0 Å². The van der Waals surface area contributed by atoms with Crippen LogP contribution in [-0.4, -0.2) is 37.0 Å². The molecule has 0 atom stereocenters. The molecular weight excluding hydrogens is 280 g/mol. The standard InChI is InChI=1S/C13H15BrN2O/c14-11-3-1-10(2-4-11)12(17)16-8-13(9-16)5-6-15-7-13/h1-4,15H,5-9H2. The van der Waals surface area contributed by atoms with Crippen molar-refractivity contribution in [3.05, 3.63) is 34.3 Å². The lowest BCUT2D eigenvalue weighted by atomic mass is 9.79. The Bertz CT molecular complexity index is 429. The van der Waals surface area contributed by atoms with E-state index in [1.165, 1.54) is 6.42 Å².